The van der Waals surface area contributed by atoms with Crippen molar-refractivity contribution in [1.29, 1.82) is 0 Å². The van der Waals surface area contributed by atoms with Gasteiger partial charge in [0.05, 0.1) is 0 Å². The highest BCUT2D eigenvalue weighted by molar-refractivity contribution is 5.44. The smallest absolute Gasteiger partial charge is 0.332 e. The molecule has 0 aliphatic rings. The predicted molar refractivity (Wildman–Crippen MR) is 55.5 cm³/mol. The Morgan fingerprint density at radius 2 is 1.73 bits per heavy atom. The van der Waals surface area contributed by atoms with Gasteiger partial charge in [-0.3, -0.25) is 13.9 Å². The maximum Gasteiger partial charge on any atom is 0.332 e. The van der Waals surface area contributed by atoms with E-state index in [1.54, 1.807) is 13.8 Å². The van der Waals surface area contributed by atoms with Crippen molar-refractivity contribution in [3.63, 3.8) is 0 Å². The zero-order chi connectivity index (χ0) is 11.6. The monoisotopic (exact) mass is 214 g/mol. The summed E-state index contributed by atoms with van der Waals surface area (Å²) in [5.41, 5.74) is 4.51. The summed E-state index contributed by atoms with van der Waals surface area (Å²) < 4.78 is 2.25. The van der Waals surface area contributed by atoms with E-state index in [1.165, 1.54) is 4.57 Å². The predicted octanol–water partition coefficient (Wildman–Crippen LogP) is -1.12. The van der Waals surface area contributed by atoms with Crippen molar-refractivity contribution in [2.24, 2.45) is 5.90 Å². The van der Waals surface area contributed by atoms with E-state index in [1.807, 2.05) is 0 Å². The minimum absolute atomic E-state index is 0.0419. The van der Waals surface area contributed by atoms with Crippen molar-refractivity contribution in [2.75, 3.05) is 5.73 Å². The molecule has 0 radical (unpaired) electrons. The van der Waals surface area contributed by atoms with Crippen LogP contribution in [0.25, 0.3) is 0 Å². The topological polar surface area (TPSA) is 105 Å². The largest absolute Gasteiger partial charge is 0.402 e. The molecule has 0 aliphatic heterocycles. The first-order valence-corrected chi connectivity index (χ1v) is 4.58. The molecule has 0 amide bonds. The fourth-order valence-electron chi connectivity index (χ4n) is 1.39. The third kappa shape index (κ3) is 1.61. The highest BCUT2D eigenvalue weighted by Gasteiger charge is 2.16. The summed E-state index contributed by atoms with van der Waals surface area (Å²) in [6.45, 7) is 4.01. The van der Waals surface area contributed by atoms with Crippen LogP contribution >= 0.6 is 0 Å². The summed E-state index contributed by atoms with van der Waals surface area (Å²) >= 11 is 0. The molecule has 1 aromatic heterocycles. The number of hydrogen-bond donors (Lipinski definition) is 2. The molecule has 4 N–H and O–H groups in total. The zero-order valence-electron chi connectivity index (χ0n) is 8.69. The first-order chi connectivity index (χ1) is 7.08. The highest BCUT2D eigenvalue weighted by atomic mass is 16.6. The second-order valence-electron chi connectivity index (χ2n) is 2.91. The van der Waals surface area contributed by atoms with Crippen molar-refractivity contribution in [3.05, 3.63) is 20.8 Å². The SMILES string of the molecule is CCn1c(N)c(ON)c(=O)n(CC)c1=O. The molecule has 0 spiro atoms. The van der Waals surface area contributed by atoms with Crippen molar-refractivity contribution in [1.82, 2.24) is 9.13 Å². The molecule has 0 aliphatic carbocycles. The lowest BCUT2D eigenvalue weighted by atomic mass is 10.4. The molecule has 1 rings (SSSR count). The number of nitrogen functional groups attached to an aromatic ring is 1. The Balaban J connectivity index is 3.73. The average molecular weight is 214 g/mol. The van der Waals surface area contributed by atoms with Crippen molar-refractivity contribution in [2.45, 2.75) is 26.9 Å². The molecule has 1 heterocycles. The molecule has 0 unspecified atom stereocenters. The number of nitrogens with zero attached hydrogens (tertiary/aromatic N) is 2. The molecule has 7 nitrogen and oxygen atoms in total. The third-order valence-electron chi connectivity index (χ3n) is 2.17. The van der Waals surface area contributed by atoms with E-state index < -0.39 is 11.2 Å². The van der Waals surface area contributed by atoms with E-state index in [2.05, 4.69) is 4.84 Å². The highest BCUT2D eigenvalue weighted by Crippen LogP contribution is 2.11. The molecule has 7 heteroatoms. The number of anilines is 1. The number of nitrogens with two attached hydrogens (primary N) is 2. The van der Waals surface area contributed by atoms with Crippen LogP contribution in [0.5, 0.6) is 5.75 Å². The van der Waals surface area contributed by atoms with Crippen LogP contribution in [0.3, 0.4) is 0 Å². The molecule has 0 aromatic carbocycles. The van der Waals surface area contributed by atoms with Gasteiger partial charge in [-0.15, -0.1) is 0 Å². The molecular formula is C8H14N4O3. The first-order valence-electron chi connectivity index (χ1n) is 4.58. The third-order valence-corrected chi connectivity index (χ3v) is 2.17. The van der Waals surface area contributed by atoms with Gasteiger partial charge in [-0.25, -0.2) is 4.79 Å². The van der Waals surface area contributed by atoms with Crippen LogP contribution < -0.4 is 27.7 Å². The molecular weight excluding hydrogens is 200 g/mol. The lowest BCUT2D eigenvalue weighted by molar-refractivity contribution is 0.322. The van der Waals surface area contributed by atoms with Crippen LogP contribution in [0, 0.1) is 0 Å². The van der Waals surface area contributed by atoms with E-state index in [-0.39, 0.29) is 18.1 Å². The van der Waals surface area contributed by atoms with Gasteiger partial charge in [0.25, 0.3) is 5.75 Å². The molecule has 84 valence electrons. The minimum Gasteiger partial charge on any atom is -0.402 e. The second-order valence-corrected chi connectivity index (χ2v) is 2.91. The Morgan fingerprint density at radius 3 is 2.13 bits per heavy atom. The quantitative estimate of drug-likeness (QED) is 0.620. The van der Waals surface area contributed by atoms with Gasteiger partial charge in [-0.05, 0) is 13.8 Å². The van der Waals surface area contributed by atoms with Crippen LogP contribution in [0.4, 0.5) is 5.82 Å². The van der Waals surface area contributed by atoms with Crippen molar-refractivity contribution >= 4 is 5.82 Å². The van der Waals surface area contributed by atoms with Crippen LogP contribution in [-0.4, -0.2) is 9.13 Å². The Labute approximate surface area is 85.8 Å². The van der Waals surface area contributed by atoms with Gasteiger partial charge >= 0.3 is 11.2 Å². The van der Waals surface area contributed by atoms with Crippen LogP contribution in [0.2, 0.25) is 0 Å². The second kappa shape index (κ2) is 4.18. The zero-order valence-corrected chi connectivity index (χ0v) is 8.69. The fourth-order valence-corrected chi connectivity index (χ4v) is 1.39. The van der Waals surface area contributed by atoms with Crippen molar-refractivity contribution < 1.29 is 4.84 Å². The normalized spacial score (nSPS) is 10.3. The summed E-state index contributed by atoms with van der Waals surface area (Å²) in [6.07, 6.45) is 0. The van der Waals surface area contributed by atoms with Gasteiger partial charge in [0.2, 0.25) is 0 Å². The summed E-state index contributed by atoms with van der Waals surface area (Å²) in [7, 11) is 0. The molecule has 0 saturated heterocycles. The Hall–Kier alpha value is -1.76. The van der Waals surface area contributed by atoms with Crippen LogP contribution in [0.1, 0.15) is 13.8 Å². The fraction of sp³-hybridized carbons (Fsp3) is 0.500. The Morgan fingerprint density at radius 1 is 1.20 bits per heavy atom. The number of aromatic nitrogens is 2. The standard InChI is InChI=1S/C8H14N4O3/c1-3-11-6(9)5(15-10)7(13)12(4-2)8(11)14/h3-4,9-10H2,1-2H3. The summed E-state index contributed by atoms with van der Waals surface area (Å²) in [5, 5.41) is 0. The maximum atomic E-state index is 11.7. The molecule has 0 atom stereocenters. The van der Waals surface area contributed by atoms with Crippen LogP contribution in [0.15, 0.2) is 9.59 Å². The van der Waals surface area contributed by atoms with Gasteiger partial charge in [0, 0.05) is 13.1 Å². The van der Waals surface area contributed by atoms with Gasteiger partial charge in [0.15, 0.2) is 5.82 Å². The number of rotatable bonds is 3. The van der Waals surface area contributed by atoms with Gasteiger partial charge in [-0.1, -0.05) is 0 Å². The van der Waals surface area contributed by atoms with Crippen molar-refractivity contribution in [3.8, 4) is 5.75 Å². The Kier molecular flexibility index (Phi) is 3.15. The summed E-state index contributed by atoms with van der Waals surface area (Å²) in [6, 6.07) is 0. The lowest BCUT2D eigenvalue weighted by Gasteiger charge is -2.12. The van der Waals surface area contributed by atoms with Gasteiger partial charge < -0.3 is 10.6 Å². The molecule has 0 bridgehead atoms. The minimum atomic E-state index is -0.604. The Bertz CT molecular complexity index is 435. The van der Waals surface area contributed by atoms with Crippen LogP contribution in [-0.2, 0) is 13.1 Å². The molecule has 0 saturated carbocycles. The van der Waals surface area contributed by atoms with E-state index in [4.69, 9.17) is 11.6 Å². The van der Waals surface area contributed by atoms with E-state index >= 15 is 0 Å². The number of hydrogen-bond acceptors (Lipinski definition) is 5. The molecule has 0 fully saturated rings. The van der Waals surface area contributed by atoms with E-state index in [0.29, 0.717) is 6.54 Å². The van der Waals surface area contributed by atoms with E-state index in [0.717, 1.165) is 4.57 Å². The van der Waals surface area contributed by atoms with Gasteiger partial charge in [-0.2, -0.15) is 5.90 Å². The maximum absolute atomic E-state index is 11.7. The lowest BCUT2D eigenvalue weighted by Crippen LogP contribution is -2.41. The van der Waals surface area contributed by atoms with Gasteiger partial charge in [0.1, 0.15) is 0 Å². The first kappa shape index (κ1) is 11.3. The summed E-state index contributed by atoms with van der Waals surface area (Å²) in [5.74, 6) is 4.70. The molecule has 1 aromatic rings. The average Bonchev–Trinajstić information content (AvgIpc) is 2.19. The summed E-state index contributed by atoms with van der Waals surface area (Å²) in [4.78, 5) is 27.7. The van der Waals surface area contributed by atoms with E-state index in [9.17, 15) is 9.59 Å². The molecule has 15 heavy (non-hydrogen) atoms.